The van der Waals surface area contributed by atoms with Crippen molar-refractivity contribution < 1.29 is 19.4 Å². The summed E-state index contributed by atoms with van der Waals surface area (Å²) in [5.41, 5.74) is 1.89. The van der Waals surface area contributed by atoms with E-state index in [1.807, 2.05) is 19.1 Å². The van der Waals surface area contributed by atoms with Crippen molar-refractivity contribution in [3.63, 3.8) is 0 Å². The number of nitrogens with one attached hydrogen (secondary N) is 1. The van der Waals surface area contributed by atoms with E-state index in [1.165, 1.54) is 0 Å². The minimum atomic E-state index is -0.544. The number of aromatic amines is 1. The summed E-state index contributed by atoms with van der Waals surface area (Å²) in [6.45, 7) is 2.71. The highest BCUT2D eigenvalue weighted by Crippen LogP contribution is 2.22. The third-order valence-electron chi connectivity index (χ3n) is 4.39. The molecule has 2 atom stereocenters. The van der Waals surface area contributed by atoms with E-state index < -0.39 is 6.10 Å². The van der Waals surface area contributed by atoms with Gasteiger partial charge in [-0.1, -0.05) is 6.07 Å². The second kappa shape index (κ2) is 7.57. The predicted molar refractivity (Wildman–Crippen MR) is 91.6 cm³/mol. The van der Waals surface area contributed by atoms with Crippen molar-refractivity contribution in [3.05, 3.63) is 41.7 Å². The fourth-order valence-corrected chi connectivity index (χ4v) is 3.03. The molecule has 7 nitrogen and oxygen atoms in total. The molecule has 3 rings (SSSR count). The number of methoxy groups -OCH3 is 1. The SMILES string of the molecule is COc1cccc(OCC(=O)N2C[C@@H](Cc3cc(C)[nH]n3)[C@H](O)C2)c1. The molecule has 1 aromatic heterocycles. The number of aryl methyl sites for hydroxylation is 1. The zero-order valence-corrected chi connectivity index (χ0v) is 14.4. The maximum Gasteiger partial charge on any atom is 0.260 e. The number of carbonyl (C=O) groups excluding carboxylic acids is 1. The van der Waals surface area contributed by atoms with Crippen LogP contribution in [0.15, 0.2) is 30.3 Å². The molecule has 2 aromatic rings. The van der Waals surface area contributed by atoms with Gasteiger partial charge in [0, 0.05) is 30.8 Å². The van der Waals surface area contributed by atoms with Gasteiger partial charge in [0.25, 0.3) is 5.91 Å². The normalized spacial score (nSPS) is 19.9. The van der Waals surface area contributed by atoms with E-state index in [2.05, 4.69) is 10.2 Å². The number of amides is 1. The number of aromatic nitrogens is 2. The van der Waals surface area contributed by atoms with Crippen LogP contribution in [0.5, 0.6) is 11.5 Å². The lowest BCUT2D eigenvalue weighted by molar-refractivity contribution is -0.132. The standard InChI is InChI=1S/C18H23N3O4/c1-12-6-14(20-19-12)7-13-9-21(10-17(13)22)18(23)11-25-16-5-3-4-15(8-16)24-2/h3-6,8,13,17,22H,7,9-11H2,1-2H3,(H,19,20)/t13-,17-/m1/s1. The largest absolute Gasteiger partial charge is 0.497 e. The predicted octanol–water partition coefficient (Wildman–Crippen LogP) is 1.17. The Kier molecular flexibility index (Phi) is 5.23. The van der Waals surface area contributed by atoms with Crippen LogP contribution < -0.4 is 9.47 Å². The van der Waals surface area contributed by atoms with Gasteiger partial charge < -0.3 is 19.5 Å². The molecule has 1 aliphatic heterocycles. The first-order chi connectivity index (χ1) is 12.0. The van der Waals surface area contributed by atoms with Gasteiger partial charge in [-0.15, -0.1) is 0 Å². The molecule has 7 heteroatoms. The smallest absolute Gasteiger partial charge is 0.260 e. The van der Waals surface area contributed by atoms with Gasteiger partial charge >= 0.3 is 0 Å². The van der Waals surface area contributed by atoms with Crippen LogP contribution in [0.25, 0.3) is 0 Å². The van der Waals surface area contributed by atoms with Crippen molar-refractivity contribution in [3.8, 4) is 11.5 Å². The average Bonchev–Trinajstić information content (AvgIpc) is 3.19. The number of aliphatic hydroxyl groups excluding tert-OH is 1. The summed E-state index contributed by atoms with van der Waals surface area (Å²) in [5.74, 6) is 1.11. The monoisotopic (exact) mass is 345 g/mol. The third-order valence-corrected chi connectivity index (χ3v) is 4.39. The van der Waals surface area contributed by atoms with Crippen molar-refractivity contribution in [1.82, 2.24) is 15.1 Å². The Labute approximate surface area is 146 Å². The summed E-state index contributed by atoms with van der Waals surface area (Å²) in [6.07, 6.45) is 0.101. The Morgan fingerprint density at radius 2 is 2.16 bits per heavy atom. The van der Waals surface area contributed by atoms with Gasteiger partial charge in [-0.3, -0.25) is 9.89 Å². The highest BCUT2D eigenvalue weighted by atomic mass is 16.5. The quantitative estimate of drug-likeness (QED) is 0.820. The molecule has 1 aliphatic rings. The van der Waals surface area contributed by atoms with Gasteiger partial charge in [-0.2, -0.15) is 5.10 Å². The molecule has 0 unspecified atom stereocenters. The van der Waals surface area contributed by atoms with Crippen LogP contribution in [0, 0.1) is 12.8 Å². The molecule has 2 N–H and O–H groups in total. The maximum atomic E-state index is 12.4. The second-order valence-corrected chi connectivity index (χ2v) is 6.34. The third kappa shape index (κ3) is 4.30. The lowest BCUT2D eigenvalue weighted by atomic mass is 10.0. The number of rotatable bonds is 6. The number of aliphatic hydroxyl groups is 1. The van der Waals surface area contributed by atoms with Crippen LogP contribution in [0.4, 0.5) is 0 Å². The number of hydrogen-bond acceptors (Lipinski definition) is 5. The van der Waals surface area contributed by atoms with Crippen LogP contribution in [0.1, 0.15) is 11.4 Å². The summed E-state index contributed by atoms with van der Waals surface area (Å²) in [6, 6.07) is 9.09. The van der Waals surface area contributed by atoms with Gasteiger partial charge in [0.1, 0.15) is 11.5 Å². The van der Waals surface area contributed by atoms with E-state index in [1.54, 1.807) is 30.2 Å². The van der Waals surface area contributed by atoms with E-state index in [0.29, 0.717) is 31.0 Å². The summed E-state index contributed by atoms with van der Waals surface area (Å²) >= 11 is 0. The Morgan fingerprint density at radius 1 is 1.36 bits per heavy atom. The molecular formula is C18H23N3O4. The summed E-state index contributed by atoms with van der Waals surface area (Å²) in [4.78, 5) is 14.0. The zero-order valence-electron chi connectivity index (χ0n) is 14.4. The number of benzene rings is 1. The molecule has 134 valence electrons. The van der Waals surface area contributed by atoms with E-state index in [4.69, 9.17) is 9.47 Å². The molecule has 1 aromatic carbocycles. The highest BCUT2D eigenvalue weighted by molar-refractivity contribution is 5.78. The fraction of sp³-hybridized carbons (Fsp3) is 0.444. The second-order valence-electron chi connectivity index (χ2n) is 6.34. The van der Waals surface area contributed by atoms with Crippen LogP contribution in [-0.2, 0) is 11.2 Å². The Balaban J connectivity index is 1.52. The van der Waals surface area contributed by atoms with Gasteiger partial charge in [0.2, 0.25) is 0 Å². The van der Waals surface area contributed by atoms with Crippen molar-refractivity contribution in [2.75, 3.05) is 26.8 Å². The van der Waals surface area contributed by atoms with E-state index in [0.717, 1.165) is 11.4 Å². The number of ether oxygens (including phenoxy) is 2. The Morgan fingerprint density at radius 3 is 2.88 bits per heavy atom. The van der Waals surface area contributed by atoms with Crippen molar-refractivity contribution >= 4 is 5.91 Å². The molecular weight excluding hydrogens is 322 g/mol. The molecule has 1 fully saturated rings. The lowest BCUT2D eigenvalue weighted by Crippen LogP contribution is -2.33. The first-order valence-electron chi connectivity index (χ1n) is 8.28. The first-order valence-corrected chi connectivity index (χ1v) is 8.28. The molecule has 25 heavy (non-hydrogen) atoms. The number of β-amino-alcohol motifs (C(OH)–C–C–N with tert-alkyl or cyclic N) is 1. The van der Waals surface area contributed by atoms with Crippen LogP contribution in [0.2, 0.25) is 0 Å². The summed E-state index contributed by atoms with van der Waals surface area (Å²) in [7, 11) is 1.58. The Bertz CT molecular complexity index is 731. The van der Waals surface area contributed by atoms with Crippen molar-refractivity contribution in [2.45, 2.75) is 19.4 Å². The fourth-order valence-electron chi connectivity index (χ4n) is 3.03. The van der Waals surface area contributed by atoms with E-state index in [-0.39, 0.29) is 18.4 Å². The molecule has 0 spiro atoms. The maximum absolute atomic E-state index is 12.4. The number of carbonyl (C=O) groups is 1. The lowest BCUT2D eigenvalue weighted by Gasteiger charge is -2.16. The van der Waals surface area contributed by atoms with Crippen LogP contribution in [-0.4, -0.2) is 59.0 Å². The van der Waals surface area contributed by atoms with Gasteiger partial charge in [-0.05, 0) is 31.5 Å². The minimum absolute atomic E-state index is 0.0107. The minimum Gasteiger partial charge on any atom is -0.497 e. The van der Waals surface area contributed by atoms with Crippen LogP contribution >= 0.6 is 0 Å². The molecule has 1 amide bonds. The first kappa shape index (κ1) is 17.3. The molecule has 0 bridgehead atoms. The number of likely N-dealkylation sites (tertiary alicyclic amines) is 1. The number of H-pyrrole nitrogens is 1. The Hall–Kier alpha value is -2.54. The average molecular weight is 345 g/mol. The van der Waals surface area contributed by atoms with Gasteiger partial charge in [-0.25, -0.2) is 0 Å². The van der Waals surface area contributed by atoms with Crippen molar-refractivity contribution in [1.29, 1.82) is 0 Å². The molecule has 2 heterocycles. The zero-order chi connectivity index (χ0) is 17.8. The molecule has 0 saturated carbocycles. The molecule has 0 aliphatic carbocycles. The number of nitrogens with zero attached hydrogens (tertiary/aromatic N) is 2. The topological polar surface area (TPSA) is 87.7 Å². The van der Waals surface area contributed by atoms with Crippen molar-refractivity contribution in [2.24, 2.45) is 5.92 Å². The summed E-state index contributed by atoms with van der Waals surface area (Å²) in [5, 5.41) is 17.3. The van der Waals surface area contributed by atoms with Crippen LogP contribution in [0.3, 0.4) is 0 Å². The van der Waals surface area contributed by atoms with Gasteiger partial charge in [0.05, 0.1) is 18.9 Å². The summed E-state index contributed by atoms with van der Waals surface area (Å²) < 4.78 is 10.7. The molecule has 1 saturated heterocycles. The number of hydrogen-bond donors (Lipinski definition) is 2. The highest BCUT2D eigenvalue weighted by Gasteiger charge is 2.34. The van der Waals surface area contributed by atoms with E-state index in [9.17, 15) is 9.90 Å². The molecule has 0 radical (unpaired) electrons. The van der Waals surface area contributed by atoms with Gasteiger partial charge in [0.15, 0.2) is 6.61 Å². The van der Waals surface area contributed by atoms with E-state index >= 15 is 0 Å².